The van der Waals surface area contributed by atoms with E-state index < -0.39 is 0 Å². The summed E-state index contributed by atoms with van der Waals surface area (Å²) in [7, 11) is 0. The lowest BCUT2D eigenvalue weighted by Crippen LogP contribution is -2.12. The third-order valence-electron chi connectivity index (χ3n) is 2.25. The van der Waals surface area contributed by atoms with E-state index in [0.29, 0.717) is 0 Å². The molecule has 0 atom stereocenters. The minimum atomic E-state index is -0.144. The molecule has 0 aliphatic carbocycles. The van der Waals surface area contributed by atoms with Crippen LogP contribution in [-0.4, -0.2) is 5.91 Å². The van der Waals surface area contributed by atoms with Crippen molar-refractivity contribution in [2.75, 3.05) is 0 Å². The lowest BCUT2D eigenvalue weighted by Gasteiger charge is -1.97. The number of carbonyl (C=O) groups excluding carboxylic acids is 1. The Balaban J connectivity index is 3.16. The highest BCUT2D eigenvalue weighted by Crippen LogP contribution is 2.06. The van der Waals surface area contributed by atoms with E-state index in [1.165, 1.54) is 44.6 Å². The van der Waals surface area contributed by atoms with Gasteiger partial charge in [-0.2, -0.15) is 0 Å². The molecule has 0 spiro atoms. The molecule has 1 amide bonds. The Morgan fingerprint density at radius 3 is 2.53 bits per heavy atom. The van der Waals surface area contributed by atoms with Crippen molar-refractivity contribution in [1.29, 1.82) is 0 Å². The summed E-state index contributed by atoms with van der Waals surface area (Å²) in [6.45, 7) is 5.60. The van der Waals surface area contributed by atoms with Gasteiger partial charge in [0, 0.05) is 6.20 Å². The molecule has 0 aromatic heterocycles. The van der Waals surface area contributed by atoms with Gasteiger partial charge in [-0.05, 0) is 18.9 Å². The number of allylic oxidation sites excluding steroid dienone is 1. The van der Waals surface area contributed by atoms with Gasteiger partial charge in [0.15, 0.2) is 0 Å². The number of rotatable bonds is 9. The van der Waals surface area contributed by atoms with Crippen molar-refractivity contribution in [2.45, 2.75) is 51.9 Å². The molecule has 0 fully saturated rings. The first-order valence-corrected chi connectivity index (χ1v) is 5.89. The molecule has 0 saturated carbocycles. The van der Waals surface area contributed by atoms with Crippen LogP contribution in [0, 0.1) is 0 Å². The van der Waals surface area contributed by atoms with E-state index in [-0.39, 0.29) is 5.91 Å². The molecule has 15 heavy (non-hydrogen) atoms. The Morgan fingerprint density at radius 2 is 1.87 bits per heavy atom. The maximum atomic E-state index is 10.7. The molecule has 2 nitrogen and oxygen atoms in total. The first kappa shape index (κ1) is 13.9. The summed E-state index contributed by atoms with van der Waals surface area (Å²) in [5.41, 5.74) is 0. The Kier molecular flexibility index (Phi) is 10.3. The standard InChI is InChI=1S/C13H23NO/c1-3-5-6-7-8-9-10-11-12-14-13(15)4-2/h4,11-12H,2-3,5-10H2,1H3,(H,14,15). The number of hydrogen-bond donors (Lipinski definition) is 1. The third kappa shape index (κ3) is 10.9. The van der Waals surface area contributed by atoms with Gasteiger partial charge in [-0.1, -0.05) is 51.7 Å². The second kappa shape index (κ2) is 11.0. The first-order chi connectivity index (χ1) is 7.31. The van der Waals surface area contributed by atoms with Crippen LogP contribution >= 0.6 is 0 Å². The maximum Gasteiger partial charge on any atom is 0.247 e. The molecule has 0 aliphatic heterocycles. The number of nitrogens with one attached hydrogen (secondary N) is 1. The largest absolute Gasteiger partial charge is 0.329 e. The van der Waals surface area contributed by atoms with Crippen LogP contribution in [0.2, 0.25) is 0 Å². The van der Waals surface area contributed by atoms with Gasteiger partial charge >= 0.3 is 0 Å². The number of carbonyl (C=O) groups is 1. The number of amides is 1. The van der Waals surface area contributed by atoms with Gasteiger partial charge < -0.3 is 5.32 Å². The van der Waals surface area contributed by atoms with Gasteiger partial charge in [0.25, 0.3) is 0 Å². The van der Waals surface area contributed by atoms with Gasteiger partial charge in [-0.15, -0.1) is 0 Å². The molecular weight excluding hydrogens is 186 g/mol. The lowest BCUT2D eigenvalue weighted by molar-refractivity contribution is -0.115. The topological polar surface area (TPSA) is 29.1 Å². The van der Waals surface area contributed by atoms with E-state index in [1.54, 1.807) is 6.20 Å². The molecule has 2 heteroatoms. The van der Waals surface area contributed by atoms with Crippen molar-refractivity contribution in [3.8, 4) is 0 Å². The van der Waals surface area contributed by atoms with Gasteiger partial charge in [-0.3, -0.25) is 4.79 Å². The molecule has 0 aromatic rings. The number of hydrogen-bond acceptors (Lipinski definition) is 1. The van der Waals surface area contributed by atoms with Crippen molar-refractivity contribution >= 4 is 5.91 Å². The summed E-state index contributed by atoms with van der Waals surface area (Å²) in [5, 5.41) is 2.61. The fourth-order valence-electron chi connectivity index (χ4n) is 1.33. The van der Waals surface area contributed by atoms with E-state index in [0.717, 1.165) is 6.42 Å². The zero-order valence-electron chi connectivity index (χ0n) is 9.80. The van der Waals surface area contributed by atoms with Crippen molar-refractivity contribution in [2.24, 2.45) is 0 Å². The van der Waals surface area contributed by atoms with Crippen molar-refractivity contribution < 1.29 is 4.79 Å². The monoisotopic (exact) mass is 209 g/mol. The van der Waals surface area contributed by atoms with Crippen molar-refractivity contribution in [3.05, 3.63) is 24.9 Å². The molecule has 0 radical (unpaired) electrons. The van der Waals surface area contributed by atoms with Crippen molar-refractivity contribution in [1.82, 2.24) is 5.32 Å². The van der Waals surface area contributed by atoms with Gasteiger partial charge in [0.1, 0.15) is 0 Å². The fraction of sp³-hybridized carbons (Fsp3) is 0.615. The summed E-state index contributed by atoms with van der Waals surface area (Å²) in [6, 6.07) is 0. The minimum Gasteiger partial charge on any atom is -0.329 e. The molecule has 0 aromatic carbocycles. The van der Waals surface area contributed by atoms with E-state index >= 15 is 0 Å². The molecule has 0 bridgehead atoms. The molecule has 0 unspecified atom stereocenters. The summed E-state index contributed by atoms with van der Waals surface area (Å²) >= 11 is 0. The quantitative estimate of drug-likeness (QED) is 0.456. The highest BCUT2D eigenvalue weighted by atomic mass is 16.1. The van der Waals surface area contributed by atoms with E-state index in [2.05, 4.69) is 18.8 Å². The first-order valence-electron chi connectivity index (χ1n) is 5.89. The zero-order chi connectivity index (χ0) is 11.4. The van der Waals surface area contributed by atoms with Crippen LogP contribution < -0.4 is 5.32 Å². The van der Waals surface area contributed by atoms with Crippen LogP contribution in [0.25, 0.3) is 0 Å². The second-order valence-electron chi connectivity index (χ2n) is 3.67. The summed E-state index contributed by atoms with van der Waals surface area (Å²) in [5.74, 6) is -0.144. The summed E-state index contributed by atoms with van der Waals surface area (Å²) < 4.78 is 0. The summed E-state index contributed by atoms with van der Waals surface area (Å²) in [6.07, 6.45) is 13.9. The van der Waals surface area contributed by atoms with E-state index in [4.69, 9.17) is 0 Å². The molecular formula is C13H23NO. The molecule has 0 rings (SSSR count). The number of unbranched alkanes of at least 4 members (excludes halogenated alkanes) is 6. The van der Waals surface area contributed by atoms with Crippen LogP contribution in [0.3, 0.4) is 0 Å². The van der Waals surface area contributed by atoms with Crippen LogP contribution in [0.5, 0.6) is 0 Å². The van der Waals surface area contributed by atoms with Gasteiger partial charge in [0.05, 0.1) is 0 Å². The summed E-state index contributed by atoms with van der Waals surface area (Å²) in [4.78, 5) is 10.7. The Morgan fingerprint density at radius 1 is 1.20 bits per heavy atom. The molecule has 1 N–H and O–H groups in total. The highest BCUT2D eigenvalue weighted by Gasteiger charge is 1.88. The minimum absolute atomic E-state index is 0.144. The Hall–Kier alpha value is -1.05. The van der Waals surface area contributed by atoms with Gasteiger partial charge in [-0.25, -0.2) is 0 Å². The van der Waals surface area contributed by atoms with Crippen LogP contribution in [0.1, 0.15) is 51.9 Å². The third-order valence-corrected chi connectivity index (χ3v) is 2.25. The smallest absolute Gasteiger partial charge is 0.247 e. The molecule has 0 heterocycles. The second-order valence-corrected chi connectivity index (χ2v) is 3.67. The average molecular weight is 209 g/mol. The van der Waals surface area contributed by atoms with Crippen LogP contribution in [-0.2, 0) is 4.79 Å². The van der Waals surface area contributed by atoms with E-state index in [1.807, 2.05) is 6.08 Å². The fourth-order valence-corrected chi connectivity index (χ4v) is 1.33. The van der Waals surface area contributed by atoms with Crippen LogP contribution in [0.4, 0.5) is 0 Å². The normalized spacial score (nSPS) is 10.5. The Bertz CT molecular complexity index is 197. The predicted molar refractivity (Wildman–Crippen MR) is 65.5 cm³/mol. The average Bonchev–Trinajstić information content (AvgIpc) is 2.26. The lowest BCUT2D eigenvalue weighted by atomic mass is 10.1. The molecule has 0 aliphatic rings. The van der Waals surface area contributed by atoms with Gasteiger partial charge in [0.2, 0.25) is 5.91 Å². The highest BCUT2D eigenvalue weighted by molar-refractivity contribution is 5.87. The maximum absolute atomic E-state index is 10.7. The molecule has 0 saturated heterocycles. The predicted octanol–water partition coefficient (Wildman–Crippen LogP) is 3.55. The van der Waals surface area contributed by atoms with E-state index in [9.17, 15) is 4.79 Å². The SMILES string of the molecule is C=CC(=O)NC=CCCCCCCCC. The Labute approximate surface area is 93.5 Å². The van der Waals surface area contributed by atoms with Crippen LogP contribution in [0.15, 0.2) is 24.9 Å². The van der Waals surface area contributed by atoms with Crippen molar-refractivity contribution in [3.63, 3.8) is 0 Å². The molecule has 86 valence electrons. The zero-order valence-corrected chi connectivity index (χ0v) is 9.80.